The Labute approximate surface area is 87.5 Å². The number of ketones is 1. The third-order valence-electron chi connectivity index (χ3n) is 2.38. The van der Waals surface area contributed by atoms with Crippen LogP contribution in [0.3, 0.4) is 0 Å². The molecule has 1 heterocycles. The topological polar surface area (TPSA) is 63.0 Å². The van der Waals surface area contributed by atoms with Gasteiger partial charge in [0, 0.05) is 25.0 Å². The molecule has 1 aliphatic carbocycles. The lowest BCUT2D eigenvalue weighted by atomic mass is 9.85. The molecule has 0 N–H and O–H groups in total. The highest BCUT2D eigenvalue weighted by Gasteiger charge is 2.27. The van der Waals surface area contributed by atoms with E-state index in [0.717, 1.165) is 0 Å². The summed E-state index contributed by atoms with van der Waals surface area (Å²) in [6, 6.07) is 5.36. The van der Waals surface area contributed by atoms with Crippen LogP contribution in [0.2, 0.25) is 0 Å². The summed E-state index contributed by atoms with van der Waals surface area (Å²) in [5, 5.41) is 8.77. The van der Waals surface area contributed by atoms with Gasteiger partial charge < -0.3 is 4.74 Å². The molecule has 15 heavy (non-hydrogen) atoms. The summed E-state index contributed by atoms with van der Waals surface area (Å²) in [6.45, 7) is 0.470. The zero-order chi connectivity index (χ0) is 10.7. The van der Waals surface area contributed by atoms with Crippen LogP contribution < -0.4 is 4.74 Å². The molecule has 1 saturated carbocycles. The first-order valence-corrected chi connectivity index (χ1v) is 4.79. The minimum absolute atomic E-state index is 0.283. The second-order valence-corrected chi connectivity index (χ2v) is 3.59. The van der Waals surface area contributed by atoms with E-state index in [1.54, 1.807) is 18.3 Å². The van der Waals surface area contributed by atoms with Crippen LogP contribution in [0.5, 0.6) is 5.88 Å². The molecule has 0 aliphatic heterocycles. The van der Waals surface area contributed by atoms with Crippen molar-refractivity contribution in [3.8, 4) is 11.9 Å². The van der Waals surface area contributed by atoms with Gasteiger partial charge in [-0.05, 0) is 12.1 Å². The van der Waals surface area contributed by atoms with Gasteiger partial charge in [0.25, 0.3) is 0 Å². The second kappa shape index (κ2) is 4.09. The Morgan fingerprint density at radius 3 is 3.07 bits per heavy atom. The van der Waals surface area contributed by atoms with E-state index in [0.29, 0.717) is 36.8 Å². The fourth-order valence-corrected chi connectivity index (χ4v) is 1.49. The Morgan fingerprint density at radius 1 is 1.60 bits per heavy atom. The maximum Gasteiger partial charge on any atom is 0.231 e. The van der Waals surface area contributed by atoms with Crippen LogP contribution in [0.1, 0.15) is 18.4 Å². The number of carbonyl (C=O) groups is 1. The molecule has 0 aromatic carbocycles. The molecule has 76 valence electrons. The predicted octanol–water partition coefficient (Wildman–Crippen LogP) is 1.31. The van der Waals surface area contributed by atoms with Gasteiger partial charge >= 0.3 is 0 Å². The van der Waals surface area contributed by atoms with Gasteiger partial charge in [-0.1, -0.05) is 0 Å². The molecule has 0 radical (unpaired) electrons. The molecule has 0 atom stereocenters. The van der Waals surface area contributed by atoms with E-state index in [2.05, 4.69) is 4.98 Å². The Morgan fingerprint density at radius 2 is 2.40 bits per heavy atom. The van der Waals surface area contributed by atoms with E-state index in [4.69, 9.17) is 10.00 Å². The van der Waals surface area contributed by atoms with Crippen molar-refractivity contribution in [2.45, 2.75) is 12.8 Å². The summed E-state index contributed by atoms with van der Waals surface area (Å²) in [5.74, 6) is 0.940. The summed E-state index contributed by atoms with van der Waals surface area (Å²) in [6.07, 6.45) is 2.77. The molecule has 1 aromatic rings. The van der Waals surface area contributed by atoms with Gasteiger partial charge in [-0.2, -0.15) is 5.26 Å². The highest BCUT2D eigenvalue weighted by molar-refractivity contribution is 5.84. The van der Waals surface area contributed by atoms with Gasteiger partial charge in [-0.15, -0.1) is 0 Å². The summed E-state index contributed by atoms with van der Waals surface area (Å²) in [7, 11) is 0. The van der Waals surface area contributed by atoms with Crippen molar-refractivity contribution >= 4 is 5.78 Å². The van der Waals surface area contributed by atoms with Crippen LogP contribution in [-0.4, -0.2) is 17.4 Å². The number of Topliss-reactive ketones (excluding diaryl/α,β-unsaturated/α-hetero) is 1. The van der Waals surface area contributed by atoms with E-state index in [1.165, 1.54) is 0 Å². The predicted molar refractivity (Wildman–Crippen MR) is 52.2 cm³/mol. The van der Waals surface area contributed by atoms with Crippen molar-refractivity contribution in [2.75, 3.05) is 6.61 Å². The first kappa shape index (κ1) is 9.66. The third-order valence-corrected chi connectivity index (χ3v) is 2.38. The number of rotatable bonds is 3. The van der Waals surface area contributed by atoms with Gasteiger partial charge in [0.05, 0.1) is 6.61 Å². The molecule has 2 rings (SSSR count). The quantitative estimate of drug-likeness (QED) is 0.741. The Bertz CT molecular complexity index is 415. The largest absolute Gasteiger partial charge is 0.476 e. The standard InChI is InChI=1S/C11H10N2O2/c12-6-9-2-1-3-13-11(9)15-7-8-4-10(14)5-8/h1-3,8H,4-5,7H2. The Balaban J connectivity index is 1.93. The van der Waals surface area contributed by atoms with Gasteiger partial charge in [0.15, 0.2) is 0 Å². The van der Waals surface area contributed by atoms with Gasteiger partial charge in [-0.3, -0.25) is 4.79 Å². The highest BCUT2D eigenvalue weighted by atomic mass is 16.5. The molecule has 4 heteroatoms. The molecule has 0 unspecified atom stereocenters. The zero-order valence-electron chi connectivity index (χ0n) is 8.14. The number of hydrogen-bond acceptors (Lipinski definition) is 4. The summed E-state index contributed by atoms with van der Waals surface area (Å²) in [4.78, 5) is 14.7. The fraction of sp³-hybridized carbons (Fsp3) is 0.364. The summed E-state index contributed by atoms with van der Waals surface area (Å²) >= 11 is 0. The van der Waals surface area contributed by atoms with Crippen molar-refractivity contribution < 1.29 is 9.53 Å². The van der Waals surface area contributed by atoms with Crippen molar-refractivity contribution in [1.82, 2.24) is 4.98 Å². The monoisotopic (exact) mass is 202 g/mol. The third kappa shape index (κ3) is 2.13. The van der Waals surface area contributed by atoms with Crippen molar-refractivity contribution in [2.24, 2.45) is 5.92 Å². The maximum absolute atomic E-state index is 10.7. The van der Waals surface area contributed by atoms with Gasteiger partial charge in [0.2, 0.25) is 5.88 Å². The zero-order valence-corrected chi connectivity index (χ0v) is 8.14. The van der Waals surface area contributed by atoms with Crippen LogP contribution in [-0.2, 0) is 4.79 Å². The van der Waals surface area contributed by atoms with E-state index < -0.39 is 0 Å². The van der Waals surface area contributed by atoms with Crippen molar-refractivity contribution in [3.63, 3.8) is 0 Å². The molecule has 1 aromatic heterocycles. The molecule has 0 amide bonds. The van der Waals surface area contributed by atoms with Crippen LogP contribution >= 0.6 is 0 Å². The summed E-state index contributed by atoms with van der Waals surface area (Å²) < 4.78 is 5.39. The minimum atomic E-state index is 0.283. The number of ether oxygens (including phenoxy) is 1. The molecule has 0 saturated heterocycles. The van der Waals surface area contributed by atoms with Crippen LogP contribution in [0.4, 0.5) is 0 Å². The smallest absolute Gasteiger partial charge is 0.231 e. The molecule has 4 nitrogen and oxygen atoms in total. The van der Waals surface area contributed by atoms with E-state index in [-0.39, 0.29) is 5.78 Å². The number of pyridine rings is 1. The lowest BCUT2D eigenvalue weighted by Crippen LogP contribution is -2.28. The molecule has 0 bridgehead atoms. The Hall–Kier alpha value is -1.89. The number of carbonyl (C=O) groups excluding carboxylic acids is 1. The molecular weight excluding hydrogens is 192 g/mol. The maximum atomic E-state index is 10.7. The number of aromatic nitrogens is 1. The lowest BCUT2D eigenvalue weighted by molar-refractivity contribution is -0.127. The molecule has 1 aliphatic rings. The highest BCUT2D eigenvalue weighted by Crippen LogP contribution is 2.24. The van der Waals surface area contributed by atoms with Gasteiger partial charge in [0.1, 0.15) is 17.4 Å². The number of nitrogens with zero attached hydrogens (tertiary/aromatic N) is 2. The Kier molecular flexibility index (Phi) is 2.64. The first-order valence-electron chi connectivity index (χ1n) is 4.79. The first-order chi connectivity index (χ1) is 7.29. The average molecular weight is 202 g/mol. The van der Waals surface area contributed by atoms with E-state index in [1.807, 2.05) is 6.07 Å². The average Bonchev–Trinajstić information content (AvgIpc) is 2.23. The summed E-state index contributed by atoms with van der Waals surface area (Å²) in [5.41, 5.74) is 0.433. The lowest BCUT2D eigenvalue weighted by Gasteiger charge is -2.23. The minimum Gasteiger partial charge on any atom is -0.476 e. The van der Waals surface area contributed by atoms with E-state index >= 15 is 0 Å². The normalized spacial score (nSPS) is 15.5. The SMILES string of the molecule is N#Cc1cccnc1OCC1CC(=O)C1. The molecular formula is C11H10N2O2. The van der Waals surface area contributed by atoms with Gasteiger partial charge in [-0.25, -0.2) is 4.98 Å². The van der Waals surface area contributed by atoms with Crippen LogP contribution in [0.25, 0.3) is 0 Å². The molecule has 0 spiro atoms. The van der Waals surface area contributed by atoms with Crippen LogP contribution in [0, 0.1) is 17.2 Å². The van der Waals surface area contributed by atoms with E-state index in [9.17, 15) is 4.79 Å². The van der Waals surface area contributed by atoms with Crippen molar-refractivity contribution in [1.29, 1.82) is 5.26 Å². The fourth-order valence-electron chi connectivity index (χ4n) is 1.49. The van der Waals surface area contributed by atoms with Crippen LogP contribution in [0.15, 0.2) is 18.3 Å². The van der Waals surface area contributed by atoms with Crippen molar-refractivity contribution in [3.05, 3.63) is 23.9 Å². The second-order valence-electron chi connectivity index (χ2n) is 3.59. The molecule has 1 fully saturated rings. The number of nitriles is 1. The number of hydrogen-bond donors (Lipinski definition) is 0.